The highest BCUT2D eigenvalue weighted by Gasteiger charge is 2.51. The molecule has 0 bridgehead atoms. The van der Waals surface area contributed by atoms with Crippen LogP contribution in [-0.2, 0) is 32.2 Å². The number of nitrogens with two attached hydrogens (primary N) is 1. The Kier molecular flexibility index (Phi) is 10.5. The van der Waals surface area contributed by atoms with Crippen molar-refractivity contribution in [2.24, 2.45) is 10.7 Å². The molecule has 2 aliphatic heterocycles. The van der Waals surface area contributed by atoms with Gasteiger partial charge in [-0.1, -0.05) is 36.0 Å². The molecule has 10 nitrogen and oxygen atoms in total. The van der Waals surface area contributed by atoms with Gasteiger partial charge in [0.25, 0.3) is 0 Å². The van der Waals surface area contributed by atoms with Crippen molar-refractivity contribution in [2.45, 2.75) is 75.8 Å². The van der Waals surface area contributed by atoms with E-state index in [0.29, 0.717) is 31.3 Å². The quantitative estimate of drug-likeness (QED) is 0.426. The summed E-state index contributed by atoms with van der Waals surface area (Å²) in [6, 6.07) is 15.1. The van der Waals surface area contributed by atoms with Crippen LogP contribution in [0.25, 0.3) is 0 Å². The van der Waals surface area contributed by atoms with Gasteiger partial charge in [-0.3, -0.25) is 9.89 Å². The Morgan fingerprint density at radius 3 is 1.98 bits per heavy atom. The molecule has 224 valence electrons. The fraction of sp³-hybridized carbons (Fsp3) is 0.533. The molecule has 1 fully saturated rings. The molecule has 0 radical (unpaired) electrons. The van der Waals surface area contributed by atoms with Crippen LogP contribution in [0, 0.1) is 0 Å². The summed E-state index contributed by atoms with van der Waals surface area (Å²) in [5, 5.41) is 0.509. The van der Waals surface area contributed by atoms with Gasteiger partial charge in [-0.25, -0.2) is 4.79 Å². The second-order valence-electron chi connectivity index (χ2n) is 10.9. The lowest BCUT2D eigenvalue weighted by atomic mass is 9.95. The van der Waals surface area contributed by atoms with E-state index in [1.54, 1.807) is 21.3 Å². The Hall–Kier alpha value is -2.83. The smallest absolute Gasteiger partial charge is 0.416 e. The zero-order chi connectivity index (χ0) is 29.6. The Bertz CT molecular complexity index is 1170. The van der Waals surface area contributed by atoms with Crippen LogP contribution in [0.15, 0.2) is 53.5 Å². The van der Waals surface area contributed by atoms with E-state index < -0.39 is 29.9 Å². The summed E-state index contributed by atoms with van der Waals surface area (Å²) in [7, 11) is 4.93. The number of rotatable bonds is 10. The zero-order valence-electron chi connectivity index (χ0n) is 24.6. The number of hydrogen-bond donors (Lipinski definition) is 1. The van der Waals surface area contributed by atoms with Crippen molar-refractivity contribution in [2.75, 3.05) is 27.8 Å². The van der Waals surface area contributed by atoms with E-state index in [1.165, 1.54) is 16.7 Å². The predicted molar refractivity (Wildman–Crippen MR) is 158 cm³/mol. The topological polar surface area (TPSA) is 114 Å². The number of nitrogens with zero attached hydrogens (tertiary/aromatic N) is 2. The first-order chi connectivity index (χ1) is 19.6. The van der Waals surface area contributed by atoms with Crippen LogP contribution in [0.2, 0.25) is 0 Å². The molecule has 0 aromatic heterocycles. The lowest BCUT2D eigenvalue weighted by molar-refractivity contribution is -0.198. The Morgan fingerprint density at radius 2 is 1.49 bits per heavy atom. The molecule has 0 saturated carbocycles. The van der Waals surface area contributed by atoms with Gasteiger partial charge in [0, 0.05) is 7.05 Å². The highest BCUT2D eigenvalue weighted by atomic mass is 32.2. The molecule has 2 aromatic carbocycles. The van der Waals surface area contributed by atoms with Crippen molar-refractivity contribution in [1.29, 1.82) is 0 Å². The Morgan fingerprint density at radius 1 is 0.951 bits per heavy atom. The summed E-state index contributed by atoms with van der Waals surface area (Å²) in [4.78, 5) is 19.1. The highest BCUT2D eigenvalue weighted by Crippen LogP contribution is 2.41. The van der Waals surface area contributed by atoms with Gasteiger partial charge in [0.2, 0.25) is 0 Å². The van der Waals surface area contributed by atoms with Crippen molar-refractivity contribution in [3.8, 4) is 11.5 Å². The van der Waals surface area contributed by atoms with E-state index in [2.05, 4.69) is 0 Å². The third-order valence-corrected chi connectivity index (χ3v) is 7.92. The summed E-state index contributed by atoms with van der Waals surface area (Å²) < 4.78 is 35.7. The monoisotopic (exact) mass is 587 g/mol. The number of benzene rings is 2. The largest absolute Gasteiger partial charge is 0.497 e. The SMILES string of the molecule is COc1ccc(CO[C@@H]2[C@H]3N=C(N(C)C(=O)OC(C)(C)C)S[C@H]3O[C@H](CCN)[C@H]2OCc2ccc(OC)cc2)cc1. The second kappa shape index (κ2) is 13.9. The molecule has 4 rings (SSSR count). The third kappa shape index (κ3) is 8.14. The summed E-state index contributed by atoms with van der Waals surface area (Å²) in [6.07, 6.45) is -1.13. The molecule has 11 heteroatoms. The molecule has 2 heterocycles. The van der Waals surface area contributed by atoms with Crippen molar-refractivity contribution in [1.82, 2.24) is 4.90 Å². The van der Waals surface area contributed by atoms with Crippen LogP contribution in [0.3, 0.4) is 0 Å². The standard InChI is InChI=1S/C30H41N3O7S/c1-30(2,3)40-29(34)33(4)28-32-24-26(38-18-20-9-13-22(36-6)14-10-20)25(23(15-16-31)39-27(24)41-28)37-17-19-7-11-21(35-5)12-8-19/h7-14,23-27H,15-18,31H2,1-6H3/t23-,24-,25-,26-,27-/m1/s1. The van der Waals surface area contributed by atoms with Gasteiger partial charge in [0.1, 0.15) is 40.8 Å². The minimum Gasteiger partial charge on any atom is -0.497 e. The van der Waals surface area contributed by atoms with E-state index >= 15 is 0 Å². The summed E-state index contributed by atoms with van der Waals surface area (Å²) in [6.45, 7) is 6.60. The zero-order valence-corrected chi connectivity index (χ0v) is 25.4. The van der Waals surface area contributed by atoms with Crippen LogP contribution in [0.5, 0.6) is 11.5 Å². The fourth-order valence-electron chi connectivity index (χ4n) is 4.58. The van der Waals surface area contributed by atoms with Gasteiger partial charge >= 0.3 is 6.09 Å². The van der Waals surface area contributed by atoms with Gasteiger partial charge < -0.3 is 34.2 Å². The number of carbonyl (C=O) groups is 1. The van der Waals surface area contributed by atoms with E-state index in [9.17, 15) is 4.79 Å². The summed E-state index contributed by atoms with van der Waals surface area (Å²) in [5.41, 5.74) is 6.98. The van der Waals surface area contributed by atoms with Crippen molar-refractivity contribution in [3.63, 3.8) is 0 Å². The average Bonchev–Trinajstić information content (AvgIpc) is 3.38. The first-order valence-corrected chi connectivity index (χ1v) is 14.6. The molecule has 1 saturated heterocycles. The van der Waals surface area contributed by atoms with Crippen molar-refractivity contribution >= 4 is 23.0 Å². The molecule has 2 aliphatic rings. The van der Waals surface area contributed by atoms with E-state index in [4.69, 9.17) is 39.1 Å². The lowest BCUT2D eigenvalue weighted by Crippen LogP contribution is -2.57. The maximum atomic E-state index is 12.8. The minimum atomic E-state index is -0.630. The molecule has 0 spiro atoms. The molecule has 0 aliphatic carbocycles. The minimum absolute atomic E-state index is 0.325. The average molecular weight is 588 g/mol. The van der Waals surface area contributed by atoms with Crippen LogP contribution in [0.1, 0.15) is 38.3 Å². The Labute approximate surface area is 246 Å². The number of aliphatic imine (C=N–C) groups is 1. The number of ether oxygens (including phenoxy) is 6. The number of carbonyl (C=O) groups excluding carboxylic acids is 1. The lowest BCUT2D eigenvalue weighted by Gasteiger charge is -2.42. The molecular weight excluding hydrogens is 546 g/mol. The predicted octanol–water partition coefficient (Wildman–Crippen LogP) is 4.59. The van der Waals surface area contributed by atoms with Crippen LogP contribution in [-0.4, -0.2) is 79.4 Å². The molecule has 0 unspecified atom stereocenters. The molecule has 5 atom stereocenters. The first-order valence-electron chi connectivity index (χ1n) is 13.7. The molecule has 2 N–H and O–H groups in total. The number of amides is 1. The maximum Gasteiger partial charge on any atom is 0.416 e. The van der Waals surface area contributed by atoms with Crippen LogP contribution < -0.4 is 15.2 Å². The third-order valence-electron chi connectivity index (χ3n) is 6.70. The number of amidine groups is 1. The van der Waals surface area contributed by atoms with Crippen molar-refractivity contribution < 1.29 is 33.2 Å². The van der Waals surface area contributed by atoms with Gasteiger partial charge in [-0.05, 0) is 69.1 Å². The second-order valence-corrected chi connectivity index (χ2v) is 12.0. The van der Waals surface area contributed by atoms with Gasteiger partial charge in [0.05, 0.1) is 33.5 Å². The maximum absolute atomic E-state index is 12.8. The molecule has 2 aromatic rings. The molecule has 1 amide bonds. The van der Waals surface area contributed by atoms with Gasteiger partial charge in [0.15, 0.2) is 5.17 Å². The Balaban J connectivity index is 1.59. The first kappa shape index (κ1) is 31.1. The van der Waals surface area contributed by atoms with Crippen molar-refractivity contribution in [3.05, 3.63) is 59.7 Å². The summed E-state index contributed by atoms with van der Waals surface area (Å²) >= 11 is 1.38. The van der Waals surface area contributed by atoms with E-state index in [-0.39, 0.29) is 11.5 Å². The highest BCUT2D eigenvalue weighted by molar-refractivity contribution is 8.14. The van der Waals surface area contributed by atoms with Crippen LogP contribution >= 0.6 is 11.8 Å². The van der Waals surface area contributed by atoms with E-state index in [1.807, 2.05) is 69.3 Å². The van der Waals surface area contributed by atoms with Gasteiger partial charge in [-0.2, -0.15) is 0 Å². The fourth-order valence-corrected chi connectivity index (χ4v) is 5.76. The number of methoxy groups -OCH3 is 2. The number of hydrogen-bond acceptors (Lipinski definition) is 10. The van der Waals surface area contributed by atoms with Crippen LogP contribution in [0.4, 0.5) is 4.79 Å². The number of fused-ring (bicyclic) bond motifs is 1. The molecular formula is C30H41N3O7S. The normalized spacial score (nSPS) is 23.9. The van der Waals surface area contributed by atoms with E-state index in [0.717, 1.165) is 22.6 Å². The molecule has 41 heavy (non-hydrogen) atoms. The van der Waals surface area contributed by atoms with Gasteiger partial charge in [-0.15, -0.1) is 0 Å². The number of thioether (sulfide) groups is 1. The summed E-state index contributed by atoms with van der Waals surface area (Å²) in [5.74, 6) is 1.55.